The summed E-state index contributed by atoms with van der Waals surface area (Å²) in [7, 11) is 1.70. The smallest absolute Gasteiger partial charge is 0.157 e. The Morgan fingerprint density at radius 1 is 1.56 bits per heavy atom. The van der Waals surface area contributed by atoms with Crippen LogP contribution in [0.15, 0.2) is 0 Å². The SMILES string of the molecule is CCC1CC[C@@H](OC)O1. The van der Waals surface area contributed by atoms with Crippen molar-refractivity contribution in [1.82, 2.24) is 0 Å². The van der Waals surface area contributed by atoms with Crippen LogP contribution in [0.25, 0.3) is 0 Å². The van der Waals surface area contributed by atoms with Crippen LogP contribution in [-0.4, -0.2) is 19.5 Å². The van der Waals surface area contributed by atoms with E-state index in [0.717, 1.165) is 19.3 Å². The van der Waals surface area contributed by atoms with Gasteiger partial charge in [-0.15, -0.1) is 0 Å². The Bertz CT molecular complexity index is 73.0. The molecule has 0 N–H and O–H groups in total. The number of rotatable bonds is 2. The summed E-state index contributed by atoms with van der Waals surface area (Å²) in [6, 6.07) is 0. The first-order valence-electron chi connectivity index (χ1n) is 3.55. The van der Waals surface area contributed by atoms with Crippen LogP contribution in [0, 0.1) is 0 Å². The van der Waals surface area contributed by atoms with Crippen molar-refractivity contribution in [3.63, 3.8) is 0 Å². The minimum Gasteiger partial charge on any atom is -0.356 e. The highest BCUT2D eigenvalue weighted by Crippen LogP contribution is 2.21. The van der Waals surface area contributed by atoms with Crippen molar-refractivity contribution in [2.24, 2.45) is 0 Å². The molecule has 0 amide bonds. The molecular weight excluding hydrogens is 116 g/mol. The molecule has 1 saturated heterocycles. The first-order valence-corrected chi connectivity index (χ1v) is 3.55. The summed E-state index contributed by atoms with van der Waals surface area (Å²) in [5, 5.41) is 0. The summed E-state index contributed by atoms with van der Waals surface area (Å²) in [4.78, 5) is 0. The molecular formula is C7H14O2. The zero-order valence-corrected chi connectivity index (χ0v) is 6.09. The largest absolute Gasteiger partial charge is 0.356 e. The molecule has 0 bridgehead atoms. The van der Waals surface area contributed by atoms with E-state index in [4.69, 9.17) is 9.47 Å². The van der Waals surface area contributed by atoms with Gasteiger partial charge < -0.3 is 9.47 Å². The van der Waals surface area contributed by atoms with E-state index in [2.05, 4.69) is 6.92 Å². The maximum absolute atomic E-state index is 5.44. The molecule has 0 aromatic carbocycles. The Hall–Kier alpha value is -0.0800. The van der Waals surface area contributed by atoms with Gasteiger partial charge in [-0.1, -0.05) is 6.92 Å². The van der Waals surface area contributed by atoms with Crippen LogP contribution in [0.2, 0.25) is 0 Å². The molecule has 0 spiro atoms. The van der Waals surface area contributed by atoms with Crippen molar-refractivity contribution >= 4 is 0 Å². The first kappa shape index (κ1) is 7.03. The molecule has 2 nitrogen and oxygen atoms in total. The zero-order valence-electron chi connectivity index (χ0n) is 6.09. The standard InChI is InChI=1S/C7H14O2/c1-3-6-4-5-7(8-2)9-6/h6-7H,3-5H2,1-2H3/t6?,7-/m0/s1. The normalized spacial score (nSPS) is 35.3. The Labute approximate surface area is 56.2 Å². The molecule has 0 aliphatic carbocycles. The predicted octanol–water partition coefficient (Wildman–Crippen LogP) is 1.55. The molecule has 0 radical (unpaired) electrons. The summed E-state index contributed by atoms with van der Waals surface area (Å²) in [6.45, 7) is 2.14. The second-order valence-corrected chi connectivity index (χ2v) is 2.41. The summed E-state index contributed by atoms with van der Waals surface area (Å²) >= 11 is 0. The van der Waals surface area contributed by atoms with E-state index >= 15 is 0 Å². The lowest BCUT2D eigenvalue weighted by Gasteiger charge is -2.09. The lowest BCUT2D eigenvalue weighted by Crippen LogP contribution is -2.11. The molecule has 0 aromatic heterocycles. The summed E-state index contributed by atoms with van der Waals surface area (Å²) < 4.78 is 10.5. The fourth-order valence-corrected chi connectivity index (χ4v) is 1.15. The fourth-order valence-electron chi connectivity index (χ4n) is 1.15. The van der Waals surface area contributed by atoms with Gasteiger partial charge in [-0.2, -0.15) is 0 Å². The highest BCUT2D eigenvalue weighted by molar-refractivity contribution is 4.65. The van der Waals surface area contributed by atoms with Crippen molar-refractivity contribution < 1.29 is 9.47 Å². The molecule has 1 aliphatic rings. The number of hydrogen-bond donors (Lipinski definition) is 0. The summed E-state index contributed by atoms with van der Waals surface area (Å²) in [5.74, 6) is 0. The van der Waals surface area contributed by atoms with Crippen LogP contribution < -0.4 is 0 Å². The lowest BCUT2D eigenvalue weighted by molar-refractivity contribution is -0.114. The Morgan fingerprint density at radius 2 is 2.33 bits per heavy atom. The van der Waals surface area contributed by atoms with E-state index < -0.39 is 0 Å². The van der Waals surface area contributed by atoms with Crippen LogP contribution in [0.5, 0.6) is 0 Å². The van der Waals surface area contributed by atoms with Gasteiger partial charge in [0.05, 0.1) is 6.10 Å². The Kier molecular flexibility index (Phi) is 2.49. The topological polar surface area (TPSA) is 18.5 Å². The molecule has 0 saturated carbocycles. The molecule has 54 valence electrons. The van der Waals surface area contributed by atoms with E-state index in [-0.39, 0.29) is 6.29 Å². The average Bonchev–Trinajstić information content (AvgIpc) is 2.34. The molecule has 9 heavy (non-hydrogen) atoms. The van der Waals surface area contributed by atoms with E-state index in [9.17, 15) is 0 Å². The van der Waals surface area contributed by atoms with Gasteiger partial charge in [0.15, 0.2) is 6.29 Å². The monoisotopic (exact) mass is 130 g/mol. The third-order valence-corrected chi connectivity index (χ3v) is 1.79. The van der Waals surface area contributed by atoms with Gasteiger partial charge in [0.2, 0.25) is 0 Å². The van der Waals surface area contributed by atoms with E-state index in [1.807, 2.05) is 0 Å². The molecule has 1 rings (SSSR count). The molecule has 1 aliphatic heterocycles. The average molecular weight is 130 g/mol. The molecule has 1 fully saturated rings. The van der Waals surface area contributed by atoms with Crippen molar-refractivity contribution in [1.29, 1.82) is 0 Å². The van der Waals surface area contributed by atoms with Gasteiger partial charge in [0.25, 0.3) is 0 Å². The lowest BCUT2D eigenvalue weighted by atomic mass is 10.2. The van der Waals surface area contributed by atoms with Crippen LogP contribution in [0.3, 0.4) is 0 Å². The maximum Gasteiger partial charge on any atom is 0.157 e. The molecule has 2 heteroatoms. The molecule has 2 atom stereocenters. The third-order valence-electron chi connectivity index (χ3n) is 1.79. The first-order chi connectivity index (χ1) is 4.36. The molecule has 1 heterocycles. The van der Waals surface area contributed by atoms with Crippen molar-refractivity contribution in [3.05, 3.63) is 0 Å². The van der Waals surface area contributed by atoms with Crippen molar-refractivity contribution in [3.8, 4) is 0 Å². The predicted molar refractivity (Wildman–Crippen MR) is 35.2 cm³/mol. The minimum absolute atomic E-state index is 0.0787. The van der Waals surface area contributed by atoms with Crippen LogP contribution in [0.4, 0.5) is 0 Å². The Balaban J connectivity index is 2.20. The van der Waals surface area contributed by atoms with Gasteiger partial charge in [-0.3, -0.25) is 0 Å². The number of methoxy groups -OCH3 is 1. The third kappa shape index (κ3) is 1.66. The minimum atomic E-state index is 0.0787. The second kappa shape index (κ2) is 3.18. The van der Waals surface area contributed by atoms with Crippen LogP contribution in [0.1, 0.15) is 26.2 Å². The van der Waals surface area contributed by atoms with Gasteiger partial charge in [0.1, 0.15) is 0 Å². The van der Waals surface area contributed by atoms with E-state index in [1.165, 1.54) is 0 Å². The highest BCUT2D eigenvalue weighted by atomic mass is 16.7. The number of ether oxygens (including phenoxy) is 2. The van der Waals surface area contributed by atoms with Gasteiger partial charge in [-0.25, -0.2) is 0 Å². The Morgan fingerprint density at radius 3 is 2.67 bits per heavy atom. The van der Waals surface area contributed by atoms with Gasteiger partial charge in [0, 0.05) is 13.5 Å². The number of hydrogen-bond acceptors (Lipinski definition) is 2. The zero-order chi connectivity index (χ0) is 6.69. The van der Waals surface area contributed by atoms with E-state index in [1.54, 1.807) is 7.11 Å². The summed E-state index contributed by atoms with van der Waals surface area (Å²) in [5.41, 5.74) is 0. The van der Waals surface area contributed by atoms with Crippen LogP contribution in [-0.2, 0) is 9.47 Å². The molecule has 1 unspecified atom stereocenters. The van der Waals surface area contributed by atoms with Crippen molar-refractivity contribution in [2.45, 2.75) is 38.6 Å². The highest BCUT2D eigenvalue weighted by Gasteiger charge is 2.22. The quantitative estimate of drug-likeness (QED) is 0.564. The van der Waals surface area contributed by atoms with Gasteiger partial charge in [-0.05, 0) is 12.8 Å². The van der Waals surface area contributed by atoms with E-state index in [0.29, 0.717) is 6.10 Å². The fraction of sp³-hybridized carbons (Fsp3) is 1.00. The molecule has 0 aromatic rings. The van der Waals surface area contributed by atoms with Gasteiger partial charge >= 0.3 is 0 Å². The van der Waals surface area contributed by atoms with Crippen LogP contribution >= 0.6 is 0 Å². The second-order valence-electron chi connectivity index (χ2n) is 2.41. The summed E-state index contributed by atoms with van der Waals surface area (Å²) in [6.07, 6.45) is 3.87. The van der Waals surface area contributed by atoms with Crippen molar-refractivity contribution in [2.75, 3.05) is 7.11 Å². The maximum atomic E-state index is 5.44.